The molecule has 3 rings (SSSR count). The highest BCUT2D eigenvalue weighted by Gasteiger charge is 2.41. The van der Waals surface area contributed by atoms with Crippen molar-refractivity contribution in [1.29, 1.82) is 0 Å². The summed E-state index contributed by atoms with van der Waals surface area (Å²) in [6.45, 7) is 0. The number of aliphatic hydroxyl groups excluding tert-OH is 1. The molecule has 0 saturated heterocycles. The molecule has 1 aliphatic rings. The Labute approximate surface area is 125 Å². The molecular formula is C19H21FO. The van der Waals surface area contributed by atoms with Gasteiger partial charge in [-0.15, -0.1) is 0 Å². The largest absolute Gasteiger partial charge is 0.387 e. The minimum Gasteiger partial charge on any atom is -0.387 e. The average Bonchev–Trinajstić information content (AvgIpc) is 2.55. The van der Waals surface area contributed by atoms with Crippen LogP contribution in [0.5, 0.6) is 0 Å². The van der Waals surface area contributed by atoms with Crippen molar-refractivity contribution in [3.63, 3.8) is 0 Å². The fraction of sp³-hybridized carbons (Fsp3) is 0.368. The van der Waals surface area contributed by atoms with Crippen LogP contribution in [-0.4, -0.2) is 5.11 Å². The third-order valence-corrected chi connectivity index (χ3v) is 4.78. The SMILES string of the molecule is OC(c1cccc(F)c1)C1(c2ccccc2)CCCCC1. The van der Waals surface area contributed by atoms with E-state index in [1.807, 2.05) is 24.3 Å². The maximum absolute atomic E-state index is 13.5. The molecule has 0 heterocycles. The Hall–Kier alpha value is -1.67. The van der Waals surface area contributed by atoms with Crippen LogP contribution in [-0.2, 0) is 5.41 Å². The summed E-state index contributed by atoms with van der Waals surface area (Å²) >= 11 is 0. The summed E-state index contributed by atoms with van der Waals surface area (Å²) in [5.74, 6) is -0.287. The first-order chi connectivity index (χ1) is 10.2. The summed E-state index contributed by atoms with van der Waals surface area (Å²) in [7, 11) is 0. The van der Waals surface area contributed by atoms with Gasteiger partial charge in [-0.25, -0.2) is 4.39 Å². The van der Waals surface area contributed by atoms with E-state index in [2.05, 4.69) is 12.1 Å². The molecule has 0 bridgehead atoms. The maximum atomic E-state index is 13.5. The first-order valence-corrected chi connectivity index (χ1v) is 7.71. The summed E-state index contributed by atoms with van der Waals surface area (Å²) in [6, 6.07) is 16.6. The van der Waals surface area contributed by atoms with Gasteiger partial charge in [0.1, 0.15) is 5.82 Å². The van der Waals surface area contributed by atoms with Crippen molar-refractivity contribution >= 4 is 0 Å². The lowest BCUT2D eigenvalue weighted by atomic mass is 9.64. The van der Waals surface area contributed by atoms with Crippen molar-refractivity contribution in [2.24, 2.45) is 0 Å². The summed E-state index contributed by atoms with van der Waals surface area (Å²) in [6.07, 6.45) is 4.69. The minimum absolute atomic E-state index is 0.284. The van der Waals surface area contributed by atoms with Gasteiger partial charge in [0.15, 0.2) is 0 Å². The zero-order valence-electron chi connectivity index (χ0n) is 12.1. The second-order valence-corrected chi connectivity index (χ2v) is 6.04. The Morgan fingerprint density at radius 1 is 0.905 bits per heavy atom. The van der Waals surface area contributed by atoms with Gasteiger partial charge >= 0.3 is 0 Å². The van der Waals surface area contributed by atoms with E-state index in [1.54, 1.807) is 6.07 Å². The Morgan fingerprint density at radius 2 is 1.62 bits per heavy atom. The molecule has 1 nitrogen and oxygen atoms in total. The van der Waals surface area contributed by atoms with Crippen molar-refractivity contribution in [2.75, 3.05) is 0 Å². The fourth-order valence-corrected chi connectivity index (χ4v) is 3.67. The number of hydrogen-bond donors (Lipinski definition) is 1. The van der Waals surface area contributed by atoms with E-state index in [9.17, 15) is 9.50 Å². The molecule has 21 heavy (non-hydrogen) atoms. The topological polar surface area (TPSA) is 20.2 Å². The van der Waals surface area contributed by atoms with Crippen LogP contribution in [0.3, 0.4) is 0 Å². The third kappa shape index (κ3) is 2.73. The lowest BCUT2D eigenvalue weighted by molar-refractivity contribution is 0.0526. The van der Waals surface area contributed by atoms with Crippen LogP contribution in [0.4, 0.5) is 4.39 Å². The Balaban J connectivity index is 2.03. The number of rotatable bonds is 3. The Kier molecular flexibility index (Phi) is 4.07. The van der Waals surface area contributed by atoms with Crippen LogP contribution >= 0.6 is 0 Å². The minimum atomic E-state index is -0.657. The van der Waals surface area contributed by atoms with Gasteiger partial charge in [-0.05, 0) is 36.1 Å². The smallest absolute Gasteiger partial charge is 0.123 e. The molecule has 2 aromatic rings. The van der Waals surface area contributed by atoms with Gasteiger partial charge in [-0.3, -0.25) is 0 Å². The predicted molar refractivity (Wildman–Crippen MR) is 82.6 cm³/mol. The Bertz CT molecular complexity index is 588. The molecule has 1 unspecified atom stereocenters. The van der Waals surface area contributed by atoms with E-state index < -0.39 is 6.10 Å². The van der Waals surface area contributed by atoms with Crippen LogP contribution < -0.4 is 0 Å². The molecule has 0 amide bonds. The van der Waals surface area contributed by atoms with Crippen molar-refractivity contribution in [2.45, 2.75) is 43.6 Å². The first kappa shape index (κ1) is 14.3. The lowest BCUT2D eigenvalue weighted by Gasteiger charge is -2.42. The maximum Gasteiger partial charge on any atom is 0.123 e. The van der Waals surface area contributed by atoms with Crippen LogP contribution in [0.25, 0.3) is 0 Å². The van der Waals surface area contributed by atoms with Gasteiger partial charge in [0.2, 0.25) is 0 Å². The van der Waals surface area contributed by atoms with Gasteiger partial charge in [0.25, 0.3) is 0 Å². The quantitative estimate of drug-likeness (QED) is 0.861. The highest BCUT2D eigenvalue weighted by molar-refractivity contribution is 5.33. The molecule has 0 spiro atoms. The molecule has 1 N–H and O–H groups in total. The van der Waals surface area contributed by atoms with Gasteiger partial charge in [-0.2, -0.15) is 0 Å². The molecular weight excluding hydrogens is 263 g/mol. The van der Waals surface area contributed by atoms with Crippen molar-refractivity contribution in [1.82, 2.24) is 0 Å². The van der Waals surface area contributed by atoms with E-state index in [0.29, 0.717) is 5.56 Å². The van der Waals surface area contributed by atoms with Crippen molar-refractivity contribution < 1.29 is 9.50 Å². The lowest BCUT2D eigenvalue weighted by Crippen LogP contribution is -2.36. The Morgan fingerprint density at radius 3 is 2.29 bits per heavy atom. The highest BCUT2D eigenvalue weighted by atomic mass is 19.1. The highest BCUT2D eigenvalue weighted by Crippen LogP contribution is 2.48. The van der Waals surface area contributed by atoms with E-state index in [1.165, 1.54) is 24.1 Å². The second kappa shape index (κ2) is 5.98. The van der Waals surface area contributed by atoms with Crippen LogP contribution in [0.2, 0.25) is 0 Å². The fourth-order valence-electron chi connectivity index (χ4n) is 3.67. The van der Waals surface area contributed by atoms with Crippen molar-refractivity contribution in [3.05, 3.63) is 71.5 Å². The number of benzene rings is 2. The molecule has 0 aliphatic heterocycles. The molecule has 1 atom stereocenters. The van der Waals surface area contributed by atoms with E-state index >= 15 is 0 Å². The summed E-state index contributed by atoms with van der Waals surface area (Å²) in [4.78, 5) is 0. The second-order valence-electron chi connectivity index (χ2n) is 6.04. The molecule has 2 heteroatoms. The number of hydrogen-bond acceptors (Lipinski definition) is 1. The molecule has 1 fully saturated rings. The number of halogens is 1. The first-order valence-electron chi connectivity index (χ1n) is 7.71. The van der Waals surface area contributed by atoms with Gasteiger partial charge < -0.3 is 5.11 Å². The molecule has 0 aromatic heterocycles. The van der Waals surface area contributed by atoms with Crippen LogP contribution in [0, 0.1) is 5.82 Å². The molecule has 2 aromatic carbocycles. The standard InChI is InChI=1S/C19H21FO/c20-17-11-7-8-15(14-17)18(21)19(12-5-2-6-13-19)16-9-3-1-4-10-16/h1,3-4,7-11,14,18,21H,2,5-6,12-13H2. The monoisotopic (exact) mass is 284 g/mol. The zero-order chi connectivity index (χ0) is 14.7. The van der Waals surface area contributed by atoms with Gasteiger partial charge in [0.05, 0.1) is 6.10 Å². The van der Waals surface area contributed by atoms with E-state index in [0.717, 1.165) is 25.7 Å². The van der Waals surface area contributed by atoms with Gasteiger partial charge in [0, 0.05) is 5.41 Å². The van der Waals surface area contributed by atoms with E-state index in [4.69, 9.17) is 0 Å². The molecule has 1 aliphatic carbocycles. The average molecular weight is 284 g/mol. The zero-order valence-corrected chi connectivity index (χ0v) is 12.1. The van der Waals surface area contributed by atoms with Crippen LogP contribution in [0.1, 0.15) is 49.3 Å². The summed E-state index contributed by atoms with van der Waals surface area (Å²) < 4.78 is 13.5. The predicted octanol–water partition coefficient (Wildman–Crippen LogP) is 4.76. The summed E-state index contributed by atoms with van der Waals surface area (Å²) in [5.41, 5.74) is 1.56. The van der Waals surface area contributed by atoms with Crippen LogP contribution in [0.15, 0.2) is 54.6 Å². The molecule has 0 radical (unpaired) electrons. The van der Waals surface area contributed by atoms with Crippen molar-refractivity contribution in [3.8, 4) is 0 Å². The van der Waals surface area contributed by atoms with E-state index in [-0.39, 0.29) is 11.2 Å². The summed E-state index contributed by atoms with van der Waals surface area (Å²) in [5, 5.41) is 11.0. The number of aliphatic hydroxyl groups is 1. The van der Waals surface area contributed by atoms with Gasteiger partial charge in [-0.1, -0.05) is 61.7 Å². The normalized spacial score (nSPS) is 19.1. The molecule has 1 saturated carbocycles. The molecule has 110 valence electrons. The third-order valence-electron chi connectivity index (χ3n) is 4.78.